The Morgan fingerprint density at radius 1 is 1.29 bits per heavy atom. The maximum Gasteiger partial charge on any atom is 0.237 e. The van der Waals surface area contributed by atoms with Gasteiger partial charge in [0.05, 0.1) is 0 Å². The van der Waals surface area contributed by atoms with Crippen molar-refractivity contribution in [2.45, 2.75) is 18.2 Å². The summed E-state index contributed by atoms with van der Waals surface area (Å²) < 4.78 is 0. The monoisotopic (exact) mass is 240 g/mol. The Kier molecular flexibility index (Phi) is 4.45. The van der Waals surface area contributed by atoms with E-state index in [1.54, 1.807) is 0 Å². The van der Waals surface area contributed by atoms with E-state index in [2.05, 4.69) is 5.32 Å². The predicted octanol–water partition coefficient (Wildman–Crippen LogP) is -1.14. The number of rotatable bonds is 5. The Hall–Kier alpha value is -1.63. The number of phenols is 1. The molecule has 3 unspecified atom stereocenters. The van der Waals surface area contributed by atoms with Crippen LogP contribution < -0.4 is 11.1 Å². The second kappa shape index (κ2) is 5.62. The number of phenolic OH excluding ortho intramolecular Hbond substituents is 1. The van der Waals surface area contributed by atoms with Gasteiger partial charge < -0.3 is 26.4 Å². The van der Waals surface area contributed by atoms with Crippen LogP contribution in [0.2, 0.25) is 0 Å². The highest BCUT2D eigenvalue weighted by atomic mass is 16.3. The standard InChI is InChI=1S/C11H16N2O4/c1-13-8(11(12)17)10(16)9(15)6-2-4-7(14)5-3-6/h2-5,8-10,13-16H,1H3,(H2,12,17). The van der Waals surface area contributed by atoms with Gasteiger partial charge in [0, 0.05) is 0 Å². The lowest BCUT2D eigenvalue weighted by atomic mass is 9.98. The van der Waals surface area contributed by atoms with E-state index in [4.69, 9.17) is 10.8 Å². The third-order valence-corrected chi connectivity index (χ3v) is 2.52. The summed E-state index contributed by atoms with van der Waals surface area (Å²) in [6, 6.07) is 4.63. The molecule has 3 atom stereocenters. The molecule has 6 N–H and O–H groups in total. The number of likely N-dealkylation sites (N-methyl/N-ethyl adjacent to an activating group) is 1. The molecule has 0 bridgehead atoms. The Morgan fingerprint density at radius 3 is 2.24 bits per heavy atom. The van der Waals surface area contributed by atoms with Crippen molar-refractivity contribution < 1.29 is 20.1 Å². The van der Waals surface area contributed by atoms with E-state index in [0.717, 1.165) is 0 Å². The van der Waals surface area contributed by atoms with E-state index in [1.807, 2.05) is 0 Å². The van der Waals surface area contributed by atoms with Crippen LogP contribution in [0.4, 0.5) is 0 Å². The minimum atomic E-state index is -1.36. The van der Waals surface area contributed by atoms with Crippen LogP contribution in [-0.4, -0.2) is 40.4 Å². The number of hydrogen-bond acceptors (Lipinski definition) is 5. The Labute approximate surface area is 98.7 Å². The van der Waals surface area contributed by atoms with Gasteiger partial charge in [-0.15, -0.1) is 0 Å². The molecule has 0 aromatic heterocycles. The molecule has 0 aliphatic carbocycles. The van der Waals surface area contributed by atoms with Gasteiger partial charge in [-0.05, 0) is 24.7 Å². The molecule has 0 spiro atoms. The lowest BCUT2D eigenvalue weighted by molar-refractivity contribution is -0.125. The highest BCUT2D eigenvalue weighted by Gasteiger charge is 2.30. The number of carbonyl (C=O) groups is 1. The first kappa shape index (κ1) is 13.4. The number of amides is 1. The van der Waals surface area contributed by atoms with E-state index in [1.165, 1.54) is 31.3 Å². The Morgan fingerprint density at radius 2 is 1.82 bits per heavy atom. The average molecular weight is 240 g/mol. The SMILES string of the molecule is CNC(C(N)=O)C(O)C(O)c1ccc(O)cc1. The van der Waals surface area contributed by atoms with Crippen molar-refractivity contribution in [3.63, 3.8) is 0 Å². The van der Waals surface area contributed by atoms with Gasteiger partial charge in [0.25, 0.3) is 0 Å². The van der Waals surface area contributed by atoms with Crippen LogP contribution in [0.25, 0.3) is 0 Å². The summed E-state index contributed by atoms with van der Waals surface area (Å²) in [6.07, 6.45) is -2.62. The largest absolute Gasteiger partial charge is 0.508 e. The molecule has 1 aromatic rings. The fraction of sp³-hybridized carbons (Fsp3) is 0.364. The van der Waals surface area contributed by atoms with E-state index >= 15 is 0 Å². The second-order valence-electron chi connectivity index (χ2n) is 3.70. The number of primary amides is 1. The number of aliphatic hydroxyl groups excluding tert-OH is 2. The quantitative estimate of drug-likeness (QED) is 0.446. The van der Waals surface area contributed by atoms with Crippen LogP contribution in [0.1, 0.15) is 11.7 Å². The summed E-state index contributed by atoms with van der Waals surface area (Å²) >= 11 is 0. The van der Waals surface area contributed by atoms with Crippen molar-refractivity contribution in [3.05, 3.63) is 29.8 Å². The van der Waals surface area contributed by atoms with Gasteiger partial charge in [-0.25, -0.2) is 0 Å². The Balaban J connectivity index is 2.84. The summed E-state index contributed by atoms with van der Waals surface area (Å²) in [7, 11) is 1.46. The molecule has 94 valence electrons. The molecule has 0 aliphatic rings. The Bertz CT molecular complexity index is 380. The van der Waals surface area contributed by atoms with Crippen molar-refractivity contribution in [3.8, 4) is 5.75 Å². The summed E-state index contributed by atoms with van der Waals surface area (Å²) in [4.78, 5) is 11.0. The van der Waals surface area contributed by atoms with Crippen LogP contribution in [0.15, 0.2) is 24.3 Å². The van der Waals surface area contributed by atoms with Gasteiger partial charge in [0.1, 0.15) is 24.0 Å². The number of nitrogens with two attached hydrogens (primary N) is 1. The van der Waals surface area contributed by atoms with Crippen molar-refractivity contribution >= 4 is 5.91 Å². The number of carbonyl (C=O) groups excluding carboxylic acids is 1. The normalized spacial score (nSPS) is 16.2. The summed E-state index contributed by atoms with van der Waals surface area (Å²) in [6.45, 7) is 0. The minimum absolute atomic E-state index is 0.0514. The zero-order chi connectivity index (χ0) is 13.0. The van der Waals surface area contributed by atoms with E-state index in [-0.39, 0.29) is 5.75 Å². The van der Waals surface area contributed by atoms with Crippen LogP contribution in [0, 0.1) is 0 Å². The van der Waals surface area contributed by atoms with Gasteiger partial charge in [-0.3, -0.25) is 4.79 Å². The molecule has 0 heterocycles. The van der Waals surface area contributed by atoms with Crippen LogP contribution in [0.3, 0.4) is 0 Å². The lowest BCUT2D eigenvalue weighted by Crippen LogP contribution is -2.50. The first-order valence-corrected chi connectivity index (χ1v) is 5.09. The molecule has 1 amide bonds. The summed E-state index contributed by atoms with van der Waals surface area (Å²) in [5.74, 6) is -0.701. The summed E-state index contributed by atoms with van der Waals surface area (Å²) in [5.41, 5.74) is 5.46. The van der Waals surface area contributed by atoms with Crippen molar-refractivity contribution in [2.75, 3.05) is 7.05 Å². The number of hydrogen-bond donors (Lipinski definition) is 5. The molecule has 0 saturated carbocycles. The third-order valence-electron chi connectivity index (χ3n) is 2.52. The first-order chi connectivity index (χ1) is 7.97. The number of benzene rings is 1. The van der Waals surface area contributed by atoms with Crippen molar-refractivity contribution in [2.24, 2.45) is 5.73 Å². The molecule has 0 radical (unpaired) electrons. The fourth-order valence-corrected chi connectivity index (χ4v) is 1.53. The maximum atomic E-state index is 11.0. The van der Waals surface area contributed by atoms with Crippen LogP contribution >= 0.6 is 0 Å². The molecule has 6 heteroatoms. The van der Waals surface area contributed by atoms with Gasteiger partial charge in [-0.1, -0.05) is 12.1 Å². The average Bonchev–Trinajstić information content (AvgIpc) is 2.29. The smallest absolute Gasteiger partial charge is 0.237 e. The molecular weight excluding hydrogens is 224 g/mol. The molecule has 0 aliphatic heterocycles. The molecule has 1 rings (SSSR count). The first-order valence-electron chi connectivity index (χ1n) is 5.09. The predicted molar refractivity (Wildman–Crippen MR) is 61.1 cm³/mol. The fourth-order valence-electron chi connectivity index (χ4n) is 1.53. The third kappa shape index (κ3) is 3.16. The minimum Gasteiger partial charge on any atom is -0.508 e. The van der Waals surface area contributed by atoms with Crippen LogP contribution in [0.5, 0.6) is 5.75 Å². The number of aromatic hydroxyl groups is 1. The molecule has 6 nitrogen and oxygen atoms in total. The van der Waals surface area contributed by atoms with Gasteiger partial charge in [0.2, 0.25) is 5.91 Å². The lowest BCUT2D eigenvalue weighted by Gasteiger charge is -2.24. The van der Waals surface area contributed by atoms with Gasteiger partial charge in [-0.2, -0.15) is 0 Å². The number of nitrogens with one attached hydrogen (secondary N) is 1. The zero-order valence-electron chi connectivity index (χ0n) is 9.37. The van der Waals surface area contributed by atoms with E-state index in [0.29, 0.717) is 5.56 Å². The number of aliphatic hydroxyl groups is 2. The zero-order valence-corrected chi connectivity index (χ0v) is 9.37. The highest BCUT2D eigenvalue weighted by molar-refractivity contribution is 5.80. The molecular formula is C11H16N2O4. The molecule has 1 aromatic carbocycles. The molecule has 0 fully saturated rings. The topological polar surface area (TPSA) is 116 Å². The van der Waals surface area contributed by atoms with Gasteiger partial charge >= 0.3 is 0 Å². The maximum absolute atomic E-state index is 11.0. The van der Waals surface area contributed by atoms with Crippen molar-refractivity contribution in [1.82, 2.24) is 5.32 Å². The van der Waals surface area contributed by atoms with E-state index < -0.39 is 24.2 Å². The highest BCUT2D eigenvalue weighted by Crippen LogP contribution is 2.21. The second-order valence-corrected chi connectivity index (χ2v) is 3.70. The molecule has 0 saturated heterocycles. The molecule has 17 heavy (non-hydrogen) atoms. The van der Waals surface area contributed by atoms with Gasteiger partial charge in [0.15, 0.2) is 0 Å². The van der Waals surface area contributed by atoms with Crippen LogP contribution in [-0.2, 0) is 4.79 Å². The van der Waals surface area contributed by atoms with E-state index in [9.17, 15) is 15.0 Å². The summed E-state index contributed by atoms with van der Waals surface area (Å²) in [5, 5.41) is 31.3. The van der Waals surface area contributed by atoms with Crippen molar-refractivity contribution in [1.29, 1.82) is 0 Å².